The number of hydrogen-bond acceptors (Lipinski definition) is 4. The highest BCUT2D eigenvalue weighted by molar-refractivity contribution is 7.89. The number of hydrogen-bond donors (Lipinski definition) is 1. The number of halogens is 2. The van der Waals surface area contributed by atoms with E-state index in [9.17, 15) is 17.2 Å². The fraction of sp³-hybridized carbons (Fsp3) is 0.429. The molecule has 15 heavy (non-hydrogen) atoms. The predicted octanol–water partition coefficient (Wildman–Crippen LogP) is 0.0889. The van der Waals surface area contributed by atoms with E-state index in [1.54, 1.807) is 0 Å². The van der Waals surface area contributed by atoms with Gasteiger partial charge in [-0.3, -0.25) is 0 Å². The lowest BCUT2D eigenvalue weighted by Crippen LogP contribution is -2.32. The van der Waals surface area contributed by atoms with Crippen LogP contribution in [0.1, 0.15) is 12.7 Å². The highest BCUT2D eigenvalue weighted by atomic mass is 32.2. The van der Waals surface area contributed by atoms with E-state index in [0.717, 1.165) is 19.3 Å². The molecule has 0 fully saturated rings. The van der Waals surface area contributed by atoms with Crippen molar-refractivity contribution in [3.05, 3.63) is 24.0 Å². The number of aromatic nitrogens is 2. The Morgan fingerprint density at radius 3 is 2.33 bits per heavy atom. The number of sulfonamides is 1. The van der Waals surface area contributed by atoms with Gasteiger partial charge in [-0.1, -0.05) is 0 Å². The molecule has 0 bridgehead atoms. The van der Waals surface area contributed by atoms with Gasteiger partial charge in [-0.2, -0.15) is 0 Å². The summed E-state index contributed by atoms with van der Waals surface area (Å²) in [6.07, 6.45) is 1.51. The van der Waals surface area contributed by atoms with Crippen LogP contribution in [-0.2, 0) is 15.7 Å². The molecule has 0 unspecified atom stereocenters. The number of nitrogens with two attached hydrogens (primary N) is 1. The molecular weight excluding hydrogens is 228 g/mol. The van der Waals surface area contributed by atoms with Crippen LogP contribution in [0.2, 0.25) is 0 Å². The Hall–Kier alpha value is -1.15. The van der Waals surface area contributed by atoms with E-state index < -0.39 is 33.1 Å². The summed E-state index contributed by atoms with van der Waals surface area (Å²) in [5, 5.41) is 4.69. The maximum absolute atomic E-state index is 13.7. The molecule has 1 aromatic heterocycles. The lowest BCUT2D eigenvalue weighted by atomic mass is 10.1. The highest BCUT2D eigenvalue weighted by Gasteiger charge is 2.33. The van der Waals surface area contributed by atoms with E-state index in [1.165, 1.54) is 0 Å². The maximum Gasteiger partial charge on any atom is 0.212 e. The predicted molar refractivity (Wildman–Crippen MR) is 48.4 cm³/mol. The van der Waals surface area contributed by atoms with Gasteiger partial charge in [-0.25, -0.2) is 32.3 Å². The Morgan fingerprint density at radius 2 is 1.93 bits per heavy atom. The lowest BCUT2D eigenvalue weighted by Gasteiger charge is -2.16. The smallest absolute Gasteiger partial charge is 0.212 e. The normalized spacial score (nSPS) is 16.0. The minimum absolute atomic E-state index is 0.419. The number of nitrogens with zero attached hydrogens (tertiary/aromatic N) is 2. The van der Waals surface area contributed by atoms with Gasteiger partial charge in [0.05, 0.1) is 12.4 Å². The summed E-state index contributed by atoms with van der Waals surface area (Å²) in [6.45, 7) is 0.963. The van der Waals surface area contributed by atoms with E-state index in [0.29, 0.717) is 0 Å². The average Bonchev–Trinajstić information content (AvgIpc) is 2.00. The molecule has 84 valence electrons. The van der Waals surface area contributed by atoms with Gasteiger partial charge >= 0.3 is 0 Å². The lowest BCUT2D eigenvalue weighted by molar-refractivity contribution is 0.209. The minimum Gasteiger partial charge on any atom is -0.235 e. The topological polar surface area (TPSA) is 85.9 Å². The standard InChI is InChI=1S/C7H9F2N3O2S/c1-7(9,4-15(10,13)14)6-11-2-5(8)3-12-6/h2-3H,4H2,1H3,(H2,10,13,14)/t7-/m1/s1. The molecule has 0 aliphatic rings. The van der Waals surface area contributed by atoms with E-state index in [1.807, 2.05) is 0 Å². The number of primary sulfonamides is 1. The Morgan fingerprint density at radius 1 is 1.47 bits per heavy atom. The summed E-state index contributed by atoms with van der Waals surface area (Å²) < 4.78 is 47.6. The van der Waals surface area contributed by atoms with Gasteiger partial charge in [0.25, 0.3) is 0 Å². The van der Waals surface area contributed by atoms with Crippen LogP contribution in [0, 0.1) is 5.82 Å². The Balaban J connectivity index is 3.00. The Bertz CT molecular complexity index is 444. The van der Waals surface area contributed by atoms with Crippen LogP contribution in [0.25, 0.3) is 0 Å². The molecule has 0 aliphatic heterocycles. The molecule has 2 N–H and O–H groups in total. The Labute approximate surface area is 85.4 Å². The van der Waals surface area contributed by atoms with Gasteiger partial charge in [0.15, 0.2) is 17.3 Å². The SMILES string of the molecule is C[C@@](F)(CS(N)(=O)=O)c1ncc(F)cn1. The van der Waals surface area contributed by atoms with E-state index in [2.05, 4.69) is 9.97 Å². The van der Waals surface area contributed by atoms with Crippen molar-refractivity contribution in [2.75, 3.05) is 5.75 Å². The fourth-order valence-corrected chi connectivity index (χ4v) is 1.91. The maximum atomic E-state index is 13.7. The Kier molecular flexibility index (Phi) is 3.00. The molecule has 1 atom stereocenters. The third kappa shape index (κ3) is 3.48. The molecule has 1 heterocycles. The van der Waals surface area contributed by atoms with Gasteiger partial charge in [0.2, 0.25) is 10.0 Å². The molecule has 0 radical (unpaired) electrons. The molecule has 5 nitrogen and oxygen atoms in total. The molecule has 0 aliphatic carbocycles. The first kappa shape index (κ1) is 11.9. The van der Waals surface area contributed by atoms with Gasteiger partial charge in [-0.15, -0.1) is 0 Å². The zero-order chi connectivity index (χ0) is 11.7. The van der Waals surface area contributed by atoms with E-state index >= 15 is 0 Å². The van der Waals surface area contributed by atoms with E-state index in [4.69, 9.17) is 5.14 Å². The van der Waals surface area contributed by atoms with Crippen molar-refractivity contribution in [1.29, 1.82) is 0 Å². The van der Waals surface area contributed by atoms with Crippen LogP contribution in [0.15, 0.2) is 12.4 Å². The summed E-state index contributed by atoms with van der Waals surface area (Å²) in [6, 6.07) is 0. The molecule has 0 saturated carbocycles. The van der Waals surface area contributed by atoms with Crippen LogP contribution < -0.4 is 5.14 Å². The summed E-state index contributed by atoms with van der Waals surface area (Å²) in [4.78, 5) is 6.71. The van der Waals surface area contributed by atoms with Crippen molar-refractivity contribution in [2.45, 2.75) is 12.6 Å². The third-order valence-corrected chi connectivity index (χ3v) is 2.50. The van der Waals surface area contributed by atoms with Crippen molar-refractivity contribution >= 4 is 10.0 Å². The summed E-state index contributed by atoms with van der Waals surface area (Å²) in [5.74, 6) is -2.10. The second-order valence-electron chi connectivity index (χ2n) is 3.23. The zero-order valence-corrected chi connectivity index (χ0v) is 8.63. The van der Waals surface area contributed by atoms with Gasteiger partial charge in [0.1, 0.15) is 5.75 Å². The van der Waals surface area contributed by atoms with Gasteiger partial charge in [-0.05, 0) is 6.92 Å². The quantitative estimate of drug-likeness (QED) is 0.807. The number of rotatable bonds is 3. The van der Waals surface area contributed by atoms with Crippen LogP contribution >= 0.6 is 0 Å². The second-order valence-corrected chi connectivity index (χ2v) is 4.84. The van der Waals surface area contributed by atoms with Crippen molar-refractivity contribution in [3.8, 4) is 0 Å². The molecular formula is C7H9F2N3O2S. The molecule has 0 amide bonds. The fourth-order valence-electron chi connectivity index (χ4n) is 1.02. The molecule has 1 rings (SSSR count). The van der Waals surface area contributed by atoms with Crippen LogP contribution in [0.4, 0.5) is 8.78 Å². The van der Waals surface area contributed by atoms with Crippen molar-refractivity contribution in [1.82, 2.24) is 9.97 Å². The highest BCUT2D eigenvalue weighted by Crippen LogP contribution is 2.22. The second kappa shape index (κ2) is 3.78. The van der Waals surface area contributed by atoms with Crippen molar-refractivity contribution < 1.29 is 17.2 Å². The zero-order valence-electron chi connectivity index (χ0n) is 7.81. The largest absolute Gasteiger partial charge is 0.235 e. The summed E-state index contributed by atoms with van der Waals surface area (Å²) in [5.41, 5.74) is -2.33. The summed E-state index contributed by atoms with van der Waals surface area (Å²) in [7, 11) is -3.99. The summed E-state index contributed by atoms with van der Waals surface area (Å²) >= 11 is 0. The third-order valence-electron chi connectivity index (χ3n) is 1.56. The first-order chi connectivity index (χ1) is 6.71. The first-order valence-corrected chi connectivity index (χ1v) is 5.60. The monoisotopic (exact) mass is 237 g/mol. The molecule has 0 saturated heterocycles. The van der Waals surface area contributed by atoms with Crippen LogP contribution in [0.3, 0.4) is 0 Å². The minimum atomic E-state index is -3.99. The van der Waals surface area contributed by atoms with E-state index in [-0.39, 0.29) is 0 Å². The van der Waals surface area contributed by atoms with Crippen molar-refractivity contribution in [3.63, 3.8) is 0 Å². The number of alkyl halides is 1. The molecule has 0 aromatic carbocycles. The molecule has 8 heteroatoms. The first-order valence-electron chi connectivity index (χ1n) is 3.88. The van der Waals surface area contributed by atoms with Gasteiger partial charge in [0, 0.05) is 0 Å². The van der Waals surface area contributed by atoms with Crippen LogP contribution in [-0.4, -0.2) is 24.1 Å². The van der Waals surface area contributed by atoms with Crippen molar-refractivity contribution in [2.24, 2.45) is 5.14 Å². The molecule has 0 spiro atoms. The van der Waals surface area contributed by atoms with Crippen LogP contribution in [0.5, 0.6) is 0 Å². The van der Waals surface area contributed by atoms with Gasteiger partial charge < -0.3 is 0 Å². The molecule has 1 aromatic rings. The average molecular weight is 237 g/mol.